The topological polar surface area (TPSA) is 88.6 Å². The average Bonchev–Trinajstić information content (AvgIpc) is 3.17. The molecule has 0 saturated heterocycles. The van der Waals surface area contributed by atoms with Crippen LogP contribution in [0.4, 0.5) is 5.00 Å². The van der Waals surface area contributed by atoms with Gasteiger partial charge in [0.15, 0.2) is 0 Å². The maximum Gasteiger partial charge on any atom is 0.341 e. The first kappa shape index (κ1) is 23.1. The molecule has 0 atom stereocenters. The highest BCUT2D eigenvalue weighted by Gasteiger charge is 2.27. The van der Waals surface area contributed by atoms with E-state index in [9.17, 15) is 14.4 Å². The number of carbonyl (C=O) groups is 3. The van der Waals surface area contributed by atoms with Crippen LogP contribution in [0.5, 0.6) is 0 Å². The van der Waals surface area contributed by atoms with Crippen LogP contribution in [-0.2, 0) is 4.74 Å². The van der Waals surface area contributed by atoms with Gasteiger partial charge >= 0.3 is 5.97 Å². The number of rotatable bonds is 5. The smallest absolute Gasteiger partial charge is 0.341 e. The van der Waals surface area contributed by atoms with Crippen LogP contribution in [0.3, 0.4) is 0 Å². The Kier molecular flexibility index (Phi) is 6.43. The number of carbonyl (C=O) groups excluding carboxylic acids is 3. The lowest BCUT2D eigenvalue weighted by atomic mass is 10.0. The minimum atomic E-state index is -0.619. The summed E-state index contributed by atoms with van der Waals surface area (Å²) < 4.78 is 4.93. The second-order valence-electron chi connectivity index (χ2n) is 7.84. The SMILES string of the molecule is COC(=O)c1c(NC(=O)c2cc(-c3ccccc3)nc3ccccc23)sc(C(=O)N(C)C)c1C. The fourth-order valence-corrected chi connectivity index (χ4v) is 4.86. The fraction of sp³-hybridized carbons (Fsp3) is 0.154. The third-order valence-electron chi connectivity index (χ3n) is 5.39. The third-order valence-corrected chi connectivity index (χ3v) is 6.59. The van der Waals surface area contributed by atoms with Crippen LogP contribution in [0.25, 0.3) is 22.2 Å². The number of benzene rings is 2. The number of fused-ring (bicyclic) bond motifs is 1. The van der Waals surface area contributed by atoms with Gasteiger partial charge in [0, 0.05) is 25.0 Å². The van der Waals surface area contributed by atoms with Crippen molar-refractivity contribution in [2.75, 3.05) is 26.5 Å². The Bertz CT molecular complexity index is 1410. The third kappa shape index (κ3) is 4.27. The molecule has 2 heterocycles. The van der Waals surface area contributed by atoms with E-state index in [0.29, 0.717) is 32.6 Å². The van der Waals surface area contributed by atoms with Crippen molar-refractivity contribution in [1.29, 1.82) is 0 Å². The number of anilines is 1. The minimum absolute atomic E-state index is 0.174. The van der Waals surface area contributed by atoms with Crippen LogP contribution in [0.15, 0.2) is 60.7 Å². The number of amides is 2. The van der Waals surface area contributed by atoms with Crippen LogP contribution in [0.2, 0.25) is 0 Å². The molecule has 1 N–H and O–H groups in total. The molecule has 34 heavy (non-hydrogen) atoms. The van der Waals surface area contributed by atoms with E-state index in [2.05, 4.69) is 5.32 Å². The Morgan fingerprint density at radius 1 is 1.00 bits per heavy atom. The van der Waals surface area contributed by atoms with Gasteiger partial charge in [-0.3, -0.25) is 9.59 Å². The van der Waals surface area contributed by atoms with E-state index in [0.717, 1.165) is 16.9 Å². The molecule has 2 amide bonds. The number of nitrogens with zero attached hydrogens (tertiary/aromatic N) is 2. The van der Waals surface area contributed by atoms with Gasteiger partial charge in [0.1, 0.15) is 5.00 Å². The Hall–Kier alpha value is -4.04. The molecule has 2 aromatic heterocycles. The standard InChI is InChI=1S/C26H23N3O4S/c1-15-21(26(32)33-4)24(34-22(15)25(31)29(2)3)28-23(30)18-14-20(16-10-6-5-7-11-16)27-19-13-9-8-12-17(18)19/h5-14H,1-4H3,(H,28,30). The summed E-state index contributed by atoms with van der Waals surface area (Å²) in [6.07, 6.45) is 0. The first-order chi connectivity index (χ1) is 16.3. The number of ether oxygens (including phenoxy) is 1. The number of para-hydroxylation sites is 1. The number of methoxy groups -OCH3 is 1. The van der Waals surface area contributed by atoms with Gasteiger partial charge in [0.05, 0.1) is 34.3 Å². The summed E-state index contributed by atoms with van der Waals surface area (Å²) in [4.78, 5) is 45.2. The summed E-state index contributed by atoms with van der Waals surface area (Å²) >= 11 is 1.06. The summed E-state index contributed by atoms with van der Waals surface area (Å²) in [6, 6.07) is 18.7. The molecule has 0 aliphatic heterocycles. The van der Waals surface area contributed by atoms with Gasteiger partial charge in [-0.05, 0) is 24.6 Å². The second kappa shape index (κ2) is 9.44. The van der Waals surface area contributed by atoms with Gasteiger partial charge in [-0.15, -0.1) is 11.3 Å². The van der Waals surface area contributed by atoms with Crippen molar-refractivity contribution in [2.24, 2.45) is 0 Å². The van der Waals surface area contributed by atoms with Gasteiger partial charge in [-0.2, -0.15) is 0 Å². The second-order valence-corrected chi connectivity index (χ2v) is 8.86. The van der Waals surface area contributed by atoms with Crippen LogP contribution >= 0.6 is 11.3 Å². The molecule has 4 rings (SSSR count). The largest absolute Gasteiger partial charge is 0.465 e. The zero-order valence-corrected chi connectivity index (χ0v) is 20.0. The predicted octanol–water partition coefficient (Wildman–Crippen LogP) is 5.01. The normalized spacial score (nSPS) is 10.7. The summed E-state index contributed by atoms with van der Waals surface area (Å²) in [5, 5.41) is 3.79. The highest BCUT2D eigenvalue weighted by molar-refractivity contribution is 7.18. The van der Waals surface area contributed by atoms with Gasteiger partial charge < -0.3 is 15.0 Å². The van der Waals surface area contributed by atoms with Crippen LogP contribution in [0, 0.1) is 6.92 Å². The van der Waals surface area contributed by atoms with Crippen molar-refractivity contribution in [1.82, 2.24) is 9.88 Å². The molecule has 0 bridgehead atoms. The van der Waals surface area contributed by atoms with Crippen molar-refractivity contribution in [2.45, 2.75) is 6.92 Å². The molecule has 0 fully saturated rings. The quantitative estimate of drug-likeness (QED) is 0.412. The molecule has 0 aliphatic rings. The van der Waals surface area contributed by atoms with E-state index in [-0.39, 0.29) is 16.5 Å². The first-order valence-corrected chi connectivity index (χ1v) is 11.3. The molecular weight excluding hydrogens is 450 g/mol. The highest BCUT2D eigenvalue weighted by atomic mass is 32.1. The lowest BCUT2D eigenvalue weighted by molar-refractivity contribution is 0.0601. The summed E-state index contributed by atoms with van der Waals surface area (Å²) in [7, 11) is 4.53. The van der Waals surface area contributed by atoms with Gasteiger partial charge in [0.2, 0.25) is 0 Å². The van der Waals surface area contributed by atoms with Crippen LogP contribution in [-0.4, -0.2) is 48.9 Å². The molecule has 0 radical (unpaired) electrons. The van der Waals surface area contributed by atoms with E-state index in [4.69, 9.17) is 9.72 Å². The Labute approximate surface area is 201 Å². The molecule has 8 heteroatoms. The van der Waals surface area contributed by atoms with Gasteiger partial charge in [-0.1, -0.05) is 48.5 Å². The lowest BCUT2D eigenvalue weighted by Gasteiger charge is -2.11. The number of esters is 1. The molecule has 2 aromatic carbocycles. The highest BCUT2D eigenvalue weighted by Crippen LogP contribution is 2.35. The van der Waals surface area contributed by atoms with Crippen molar-refractivity contribution in [3.05, 3.63) is 82.2 Å². The zero-order valence-electron chi connectivity index (χ0n) is 19.2. The summed E-state index contributed by atoms with van der Waals surface area (Å²) in [5.41, 5.74) is 3.26. The van der Waals surface area contributed by atoms with Crippen LogP contribution < -0.4 is 5.32 Å². The maximum atomic E-state index is 13.5. The monoisotopic (exact) mass is 473 g/mol. The number of hydrogen-bond acceptors (Lipinski definition) is 6. The van der Waals surface area contributed by atoms with E-state index >= 15 is 0 Å². The molecule has 7 nitrogen and oxygen atoms in total. The predicted molar refractivity (Wildman–Crippen MR) is 134 cm³/mol. The number of nitrogens with one attached hydrogen (secondary N) is 1. The van der Waals surface area contributed by atoms with Crippen molar-refractivity contribution in [3.63, 3.8) is 0 Å². The van der Waals surface area contributed by atoms with Gasteiger partial charge in [0.25, 0.3) is 11.8 Å². The Morgan fingerprint density at radius 3 is 2.35 bits per heavy atom. The molecule has 4 aromatic rings. The van der Waals surface area contributed by atoms with Gasteiger partial charge in [-0.25, -0.2) is 9.78 Å². The molecule has 172 valence electrons. The van der Waals surface area contributed by atoms with Crippen molar-refractivity contribution in [3.8, 4) is 11.3 Å². The number of hydrogen-bond donors (Lipinski definition) is 1. The minimum Gasteiger partial charge on any atom is -0.465 e. The van der Waals surface area contributed by atoms with E-state index in [1.54, 1.807) is 27.1 Å². The Morgan fingerprint density at radius 2 is 1.68 bits per heavy atom. The summed E-state index contributed by atoms with van der Waals surface area (Å²) in [5.74, 6) is -1.29. The fourth-order valence-electron chi connectivity index (χ4n) is 3.65. The lowest BCUT2D eigenvalue weighted by Crippen LogP contribution is -2.21. The van der Waals surface area contributed by atoms with Crippen molar-refractivity contribution < 1.29 is 19.1 Å². The van der Waals surface area contributed by atoms with E-state index in [1.807, 2.05) is 54.6 Å². The molecule has 0 saturated carbocycles. The summed E-state index contributed by atoms with van der Waals surface area (Å²) in [6.45, 7) is 1.67. The molecular formula is C26H23N3O4S. The van der Waals surface area contributed by atoms with E-state index in [1.165, 1.54) is 12.0 Å². The molecule has 0 spiro atoms. The number of pyridine rings is 1. The first-order valence-electron chi connectivity index (χ1n) is 10.5. The zero-order chi connectivity index (χ0) is 24.4. The number of thiophene rings is 1. The van der Waals surface area contributed by atoms with E-state index < -0.39 is 11.9 Å². The average molecular weight is 474 g/mol. The van der Waals surface area contributed by atoms with Crippen LogP contribution in [0.1, 0.15) is 36.0 Å². The molecule has 0 aliphatic carbocycles. The number of aromatic nitrogens is 1. The maximum absolute atomic E-state index is 13.5. The molecule has 0 unspecified atom stereocenters. The Balaban J connectivity index is 1.82. The van der Waals surface area contributed by atoms with Crippen molar-refractivity contribution >= 4 is 45.0 Å².